The van der Waals surface area contributed by atoms with Crippen LogP contribution in [-0.2, 0) is 6.42 Å². The number of hydrogen-bond donors (Lipinski definition) is 0. The van der Waals surface area contributed by atoms with Crippen molar-refractivity contribution < 1.29 is 14.0 Å². The summed E-state index contributed by atoms with van der Waals surface area (Å²) in [6.07, 6.45) is 2.95. The molecule has 0 spiro atoms. The third-order valence-electron chi connectivity index (χ3n) is 5.96. The zero-order valence-electron chi connectivity index (χ0n) is 17.4. The van der Waals surface area contributed by atoms with E-state index in [4.69, 9.17) is 4.42 Å². The summed E-state index contributed by atoms with van der Waals surface area (Å²) in [7, 11) is 0. The van der Waals surface area contributed by atoms with Crippen molar-refractivity contribution in [3.63, 3.8) is 0 Å². The van der Waals surface area contributed by atoms with Gasteiger partial charge in [0.25, 0.3) is 5.91 Å². The standard InChI is InChI=1S/C22H24N4O3S/c1-13-17-15(27)11-22(2,3)12-16(17)29-18(13)20(28)25-7-9-26(10-8-25)21-24-14-5-4-6-23-19(14)30-21/h4-6H,7-12H2,1-3H3. The van der Waals surface area contributed by atoms with E-state index in [1.807, 2.05) is 24.0 Å². The fourth-order valence-corrected chi connectivity index (χ4v) is 5.39. The molecule has 1 fully saturated rings. The van der Waals surface area contributed by atoms with E-state index in [1.54, 1.807) is 17.5 Å². The third-order valence-corrected chi connectivity index (χ3v) is 7.00. The lowest BCUT2D eigenvalue weighted by Gasteiger charge is -2.34. The highest BCUT2D eigenvalue weighted by Crippen LogP contribution is 2.38. The van der Waals surface area contributed by atoms with Gasteiger partial charge >= 0.3 is 0 Å². The van der Waals surface area contributed by atoms with Gasteiger partial charge in [-0.25, -0.2) is 9.97 Å². The van der Waals surface area contributed by atoms with Gasteiger partial charge in [0.2, 0.25) is 0 Å². The van der Waals surface area contributed by atoms with Crippen LogP contribution in [0.25, 0.3) is 10.3 Å². The number of piperazine rings is 1. The molecule has 0 atom stereocenters. The normalized spacial score (nSPS) is 18.7. The van der Waals surface area contributed by atoms with Crippen molar-refractivity contribution in [2.75, 3.05) is 31.1 Å². The summed E-state index contributed by atoms with van der Waals surface area (Å²) in [4.78, 5) is 39.7. The highest BCUT2D eigenvalue weighted by Gasteiger charge is 2.38. The number of Topliss-reactive ketones (excluding diaryl/α,β-unsaturated/α-hetero) is 1. The lowest BCUT2D eigenvalue weighted by molar-refractivity contribution is 0.0708. The van der Waals surface area contributed by atoms with Crippen LogP contribution in [0.1, 0.15) is 52.5 Å². The predicted molar refractivity (Wildman–Crippen MR) is 115 cm³/mol. The maximum Gasteiger partial charge on any atom is 0.289 e. The molecule has 0 aromatic carbocycles. The molecule has 0 radical (unpaired) electrons. The Morgan fingerprint density at radius 3 is 2.70 bits per heavy atom. The molecule has 8 heteroatoms. The number of pyridine rings is 1. The third kappa shape index (κ3) is 3.19. The lowest BCUT2D eigenvalue weighted by atomic mass is 9.76. The number of aromatic nitrogens is 2. The van der Waals surface area contributed by atoms with E-state index < -0.39 is 0 Å². The molecular formula is C22H24N4O3S. The van der Waals surface area contributed by atoms with Crippen molar-refractivity contribution in [1.82, 2.24) is 14.9 Å². The molecule has 0 bridgehead atoms. The molecule has 1 aliphatic carbocycles. The monoisotopic (exact) mass is 424 g/mol. The first-order valence-corrected chi connectivity index (χ1v) is 11.1. The van der Waals surface area contributed by atoms with Crippen molar-refractivity contribution in [2.24, 2.45) is 5.41 Å². The number of thiazole rings is 1. The molecule has 0 N–H and O–H groups in total. The number of carbonyl (C=O) groups is 2. The molecule has 1 amide bonds. The van der Waals surface area contributed by atoms with Crippen LogP contribution in [0, 0.1) is 12.3 Å². The van der Waals surface area contributed by atoms with Gasteiger partial charge in [-0.05, 0) is 24.5 Å². The van der Waals surface area contributed by atoms with Gasteiger partial charge < -0.3 is 14.2 Å². The SMILES string of the molecule is Cc1c(C(=O)N2CCN(c3nc4cccnc4s3)CC2)oc2c1C(=O)CC(C)(C)C2. The summed E-state index contributed by atoms with van der Waals surface area (Å²) in [6, 6.07) is 3.85. The summed E-state index contributed by atoms with van der Waals surface area (Å²) in [5.41, 5.74) is 2.08. The number of anilines is 1. The van der Waals surface area contributed by atoms with Crippen LogP contribution < -0.4 is 4.90 Å². The molecule has 2 aliphatic rings. The quantitative estimate of drug-likeness (QED) is 0.624. The molecule has 1 aliphatic heterocycles. The van der Waals surface area contributed by atoms with Crippen molar-refractivity contribution in [2.45, 2.75) is 33.6 Å². The van der Waals surface area contributed by atoms with Crippen LogP contribution in [-0.4, -0.2) is 52.7 Å². The molecule has 30 heavy (non-hydrogen) atoms. The van der Waals surface area contributed by atoms with Gasteiger partial charge in [-0.3, -0.25) is 9.59 Å². The van der Waals surface area contributed by atoms with Gasteiger partial charge in [0.05, 0.1) is 5.56 Å². The van der Waals surface area contributed by atoms with Gasteiger partial charge in [0.15, 0.2) is 16.7 Å². The van der Waals surface area contributed by atoms with Crippen molar-refractivity contribution >= 4 is 38.5 Å². The van der Waals surface area contributed by atoms with Gasteiger partial charge in [-0.2, -0.15) is 0 Å². The fraction of sp³-hybridized carbons (Fsp3) is 0.455. The Morgan fingerprint density at radius 2 is 1.97 bits per heavy atom. The molecule has 4 heterocycles. The van der Waals surface area contributed by atoms with Gasteiger partial charge in [0.1, 0.15) is 16.1 Å². The Kier molecular flexibility index (Phi) is 4.43. The summed E-state index contributed by atoms with van der Waals surface area (Å²) < 4.78 is 5.97. The average Bonchev–Trinajstić information content (AvgIpc) is 3.28. The Bertz CT molecular complexity index is 1120. The molecule has 5 rings (SSSR count). The molecule has 3 aromatic rings. The summed E-state index contributed by atoms with van der Waals surface area (Å²) in [5.74, 6) is 0.940. The highest BCUT2D eigenvalue weighted by molar-refractivity contribution is 7.21. The number of hydrogen-bond acceptors (Lipinski definition) is 7. The van der Waals surface area contributed by atoms with Crippen LogP contribution in [0.2, 0.25) is 0 Å². The molecule has 1 saturated heterocycles. The number of fused-ring (bicyclic) bond motifs is 2. The van der Waals surface area contributed by atoms with Crippen LogP contribution in [0.15, 0.2) is 22.7 Å². The summed E-state index contributed by atoms with van der Waals surface area (Å²) in [5, 5.41) is 0.938. The highest BCUT2D eigenvalue weighted by atomic mass is 32.1. The van der Waals surface area contributed by atoms with E-state index in [-0.39, 0.29) is 17.1 Å². The summed E-state index contributed by atoms with van der Waals surface area (Å²) in [6.45, 7) is 8.54. The predicted octanol–water partition coefficient (Wildman–Crippen LogP) is 3.71. The van der Waals surface area contributed by atoms with Gasteiger partial charge in [-0.1, -0.05) is 25.2 Å². The number of carbonyl (C=O) groups excluding carboxylic acids is 2. The number of amides is 1. The number of rotatable bonds is 2. The Balaban J connectivity index is 1.32. The minimum Gasteiger partial charge on any atom is -0.455 e. The number of ketones is 1. The van der Waals surface area contributed by atoms with Crippen LogP contribution in [0.3, 0.4) is 0 Å². The zero-order chi connectivity index (χ0) is 21.0. The lowest BCUT2D eigenvalue weighted by Crippen LogP contribution is -2.48. The molecule has 7 nitrogen and oxygen atoms in total. The van der Waals surface area contributed by atoms with Crippen molar-refractivity contribution in [1.29, 1.82) is 0 Å². The minimum atomic E-state index is -0.133. The van der Waals surface area contributed by atoms with E-state index in [0.717, 1.165) is 15.5 Å². The van der Waals surface area contributed by atoms with Crippen LogP contribution in [0.4, 0.5) is 5.13 Å². The first kappa shape index (κ1) is 19.2. The first-order valence-electron chi connectivity index (χ1n) is 10.2. The van der Waals surface area contributed by atoms with E-state index in [0.29, 0.717) is 61.7 Å². The smallest absolute Gasteiger partial charge is 0.289 e. The van der Waals surface area contributed by atoms with Crippen molar-refractivity contribution in [3.8, 4) is 0 Å². The summed E-state index contributed by atoms with van der Waals surface area (Å²) >= 11 is 1.57. The van der Waals surface area contributed by atoms with E-state index >= 15 is 0 Å². The van der Waals surface area contributed by atoms with E-state index in [9.17, 15) is 9.59 Å². The second kappa shape index (κ2) is 6.91. The average molecular weight is 425 g/mol. The largest absolute Gasteiger partial charge is 0.455 e. The van der Waals surface area contributed by atoms with Gasteiger partial charge in [-0.15, -0.1) is 0 Å². The zero-order valence-corrected chi connectivity index (χ0v) is 18.2. The van der Waals surface area contributed by atoms with Gasteiger partial charge in [0, 0.05) is 50.8 Å². The maximum absolute atomic E-state index is 13.2. The molecule has 0 saturated carbocycles. The number of nitrogens with zero attached hydrogens (tertiary/aromatic N) is 4. The number of furan rings is 1. The van der Waals surface area contributed by atoms with E-state index in [2.05, 4.69) is 28.7 Å². The second-order valence-electron chi connectivity index (χ2n) is 8.90. The first-order chi connectivity index (χ1) is 14.3. The van der Waals surface area contributed by atoms with Crippen molar-refractivity contribution in [3.05, 3.63) is 41.0 Å². The Hall–Kier alpha value is -2.74. The molecule has 0 unspecified atom stereocenters. The topological polar surface area (TPSA) is 79.5 Å². The molecule has 156 valence electrons. The van der Waals surface area contributed by atoms with Crippen LogP contribution in [0.5, 0.6) is 0 Å². The van der Waals surface area contributed by atoms with Crippen LogP contribution >= 0.6 is 11.3 Å². The fourth-order valence-electron chi connectivity index (χ4n) is 4.42. The van der Waals surface area contributed by atoms with E-state index in [1.165, 1.54) is 0 Å². The maximum atomic E-state index is 13.2. The minimum absolute atomic E-state index is 0.0795. The molecular weight excluding hydrogens is 400 g/mol. The Morgan fingerprint density at radius 1 is 1.20 bits per heavy atom. The Labute approximate surface area is 178 Å². The second-order valence-corrected chi connectivity index (χ2v) is 9.85. The molecule has 3 aromatic heterocycles.